The lowest BCUT2D eigenvalue weighted by Gasteiger charge is -2.12. The quantitative estimate of drug-likeness (QED) is 0.471. The van der Waals surface area contributed by atoms with Crippen LogP contribution in [0.4, 0.5) is 0 Å². The van der Waals surface area contributed by atoms with E-state index < -0.39 is 0 Å². The van der Waals surface area contributed by atoms with Gasteiger partial charge in [-0.3, -0.25) is 4.79 Å². The molecule has 0 amide bonds. The van der Waals surface area contributed by atoms with E-state index in [9.17, 15) is 4.79 Å². The molecule has 0 heterocycles. The van der Waals surface area contributed by atoms with E-state index in [0.717, 1.165) is 10.5 Å². The molecule has 0 saturated heterocycles. The second-order valence-electron chi connectivity index (χ2n) is 4.72. The zero-order valence-corrected chi connectivity index (χ0v) is 14.8. The lowest BCUT2D eigenvalue weighted by Crippen LogP contribution is -2.01. The number of carbonyl (C=O) groups excluding carboxylic acids is 1. The molecule has 4 nitrogen and oxygen atoms in total. The topological polar surface area (TPSA) is 44.8 Å². The molecule has 0 atom stereocenters. The first kappa shape index (κ1) is 17.8. The van der Waals surface area contributed by atoms with Crippen molar-refractivity contribution in [3.05, 3.63) is 47.5 Å². The Bertz CT molecular complexity index is 760. The Kier molecular flexibility index (Phi) is 6.16. The second kappa shape index (κ2) is 8.32. The molecule has 0 radical (unpaired) electrons. The normalized spacial score (nSPS) is 9.67. The molecule has 0 aliphatic heterocycles. The van der Waals surface area contributed by atoms with Gasteiger partial charge in [-0.15, -0.1) is 11.8 Å². The molecule has 2 rings (SSSR count). The lowest BCUT2D eigenvalue weighted by molar-refractivity contribution is 0.105. The Morgan fingerprint density at radius 3 is 2.00 bits per heavy atom. The third-order valence-electron chi connectivity index (χ3n) is 3.34. The minimum absolute atomic E-state index is 0.316. The minimum atomic E-state index is -0.316. The first-order chi connectivity index (χ1) is 11.6. The van der Waals surface area contributed by atoms with Crippen molar-refractivity contribution in [2.24, 2.45) is 0 Å². The second-order valence-corrected chi connectivity index (χ2v) is 5.60. The van der Waals surface area contributed by atoms with Crippen LogP contribution in [0.2, 0.25) is 0 Å². The Hall–Kier alpha value is -2.58. The SMILES string of the molecule is COc1cc(C(=O)C#Cc2ccc(SC)cc2)cc(OC)c1OC. The van der Waals surface area contributed by atoms with Crippen LogP contribution in [0.3, 0.4) is 0 Å². The Labute approximate surface area is 146 Å². The third-order valence-corrected chi connectivity index (χ3v) is 4.08. The number of benzene rings is 2. The number of ether oxygens (including phenoxy) is 3. The average molecular weight is 342 g/mol. The summed E-state index contributed by atoms with van der Waals surface area (Å²) in [5.41, 5.74) is 1.17. The number of Topliss-reactive ketones (excluding diaryl/α,β-unsaturated/α-hetero) is 1. The van der Waals surface area contributed by atoms with E-state index in [-0.39, 0.29) is 5.78 Å². The van der Waals surface area contributed by atoms with Crippen molar-refractivity contribution >= 4 is 17.5 Å². The summed E-state index contributed by atoms with van der Waals surface area (Å²) in [6, 6.07) is 10.9. The summed E-state index contributed by atoms with van der Waals surface area (Å²) in [5, 5.41) is 0. The molecule has 0 aliphatic rings. The van der Waals surface area contributed by atoms with Gasteiger partial charge in [0, 0.05) is 16.0 Å². The molecule has 0 saturated carbocycles. The van der Waals surface area contributed by atoms with Gasteiger partial charge in [0.05, 0.1) is 21.3 Å². The number of hydrogen-bond donors (Lipinski definition) is 0. The van der Waals surface area contributed by atoms with Crippen LogP contribution < -0.4 is 14.2 Å². The standard InChI is InChI=1S/C19H18O4S/c1-21-17-11-14(12-18(22-2)19(17)23-3)16(20)10-7-13-5-8-15(24-4)9-6-13/h5-6,8-9,11-12H,1-4H3. The van der Waals surface area contributed by atoms with Crippen molar-refractivity contribution < 1.29 is 19.0 Å². The number of ketones is 1. The van der Waals surface area contributed by atoms with Crippen LogP contribution in [0, 0.1) is 11.8 Å². The van der Waals surface area contributed by atoms with Crippen LogP contribution in [0.15, 0.2) is 41.3 Å². The van der Waals surface area contributed by atoms with E-state index in [1.807, 2.05) is 30.5 Å². The molecule has 2 aromatic carbocycles. The zero-order valence-electron chi connectivity index (χ0n) is 14.0. The van der Waals surface area contributed by atoms with Gasteiger partial charge in [-0.05, 0) is 48.6 Å². The molecule has 0 aliphatic carbocycles. The summed E-state index contributed by atoms with van der Waals surface area (Å²) < 4.78 is 15.7. The van der Waals surface area contributed by atoms with Crippen molar-refractivity contribution in [1.82, 2.24) is 0 Å². The van der Waals surface area contributed by atoms with Gasteiger partial charge in [0.15, 0.2) is 11.5 Å². The lowest BCUT2D eigenvalue weighted by atomic mass is 10.1. The van der Waals surface area contributed by atoms with Crippen LogP contribution in [-0.2, 0) is 0 Å². The summed E-state index contributed by atoms with van der Waals surface area (Å²) >= 11 is 1.66. The highest BCUT2D eigenvalue weighted by Crippen LogP contribution is 2.38. The molecule has 0 N–H and O–H groups in total. The zero-order chi connectivity index (χ0) is 17.5. The fourth-order valence-corrected chi connectivity index (χ4v) is 2.50. The van der Waals surface area contributed by atoms with Gasteiger partial charge in [-0.25, -0.2) is 0 Å². The number of thioether (sulfide) groups is 1. The van der Waals surface area contributed by atoms with Gasteiger partial charge in [-0.1, -0.05) is 5.92 Å². The maximum Gasteiger partial charge on any atom is 0.236 e. The van der Waals surface area contributed by atoms with Crippen LogP contribution >= 0.6 is 11.8 Å². The number of hydrogen-bond acceptors (Lipinski definition) is 5. The molecule has 0 bridgehead atoms. The van der Waals surface area contributed by atoms with Crippen LogP contribution in [0.5, 0.6) is 17.2 Å². The van der Waals surface area contributed by atoms with E-state index in [4.69, 9.17) is 14.2 Å². The third kappa shape index (κ3) is 4.03. The number of carbonyl (C=O) groups is 1. The summed E-state index contributed by atoms with van der Waals surface area (Å²) in [6.45, 7) is 0. The summed E-state index contributed by atoms with van der Waals surface area (Å²) in [5.74, 6) is 6.49. The van der Waals surface area contributed by atoms with E-state index >= 15 is 0 Å². The van der Waals surface area contributed by atoms with Crippen molar-refractivity contribution in [2.75, 3.05) is 27.6 Å². The van der Waals surface area contributed by atoms with Crippen molar-refractivity contribution in [1.29, 1.82) is 0 Å². The smallest absolute Gasteiger partial charge is 0.236 e. The van der Waals surface area contributed by atoms with E-state index in [1.165, 1.54) is 21.3 Å². The highest BCUT2D eigenvalue weighted by molar-refractivity contribution is 7.98. The van der Waals surface area contributed by atoms with Crippen molar-refractivity contribution in [3.63, 3.8) is 0 Å². The van der Waals surface area contributed by atoms with Gasteiger partial charge in [0.25, 0.3) is 0 Å². The van der Waals surface area contributed by atoms with Crippen LogP contribution in [0.25, 0.3) is 0 Å². The molecule has 24 heavy (non-hydrogen) atoms. The van der Waals surface area contributed by atoms with Crippen molar-refractivity contribution in [3.8, 4) is 29.1 Å². The van der Waals surface area contributed by atoms with Crippen molar-refractivity contribution in [2.45, 2.75) is 4.90 Å². The van der Waals surface area contributed by atoms with Crippen LogP contribution in [0.1, 0.15) is 15.9 Å². The predicted octanol–water partition coefficient (Wildman–Crippen LogP) is 3.67. The predicted molar refractivity (Wildman–Crippen MR) is 95.5 cm³/mol. The molecule has 5 heteroatoms. The molecule has 0 fully saturated rings. The van der Waals surface area contributed by atoms with Gasteiger partial charge in [-0.2, -0.15) is 0 Å². The van der Waals surface area contributed by atoms with E-state index in [0.29, 0.717) is 22.8 Å². The fraction of sp³-hybridized carbons (Fsp3) is 0.211. The fourth-order valence-electron chi connectivity index (χ4n) is 2.09. The molecule has 124 valence electrons. The highest BCUT2D eigenvalue weighted by Gasteiger charge is 2.15. The molecule has 0 unspecified atom stereocenters. The maximum absolute atomic E-state index is 12.3. The molecule has 2 aromatic rings. The number of rotatable bonds is 5. The Morgan fingerprint density at radius 1 is 0.958 bits per heavy atom. The number of methoxy groups -OCH3 is 3. The largest absolute Gasteiger partial charge is 0.493 e. The molecular formula is C19H18O4S. The highest BCUT2D eigenvalue weighted by atomic mass is 32.2. The van der Waals surface area contributed by atoms with Gasteiger partial charge < -0.3 is 14.2 Å². The van der Waals surface area contributed by atoms with E-state index in [1.54, 1.807) is 23.9 Å². The average Bonchev–Trinajstić information content (AvgIpc) is 2.65. The molecular weight excluding hydrogens is 324 g/mol. The van der Waals surface area contributed by atoms with Crippen LogP contribution in [-0.4, -0.2) is 33.4 Å². The van der Waals surface area contributed by atoms with E-state index in [2.05, 4.69) is 11.8 Å². The maximum atomic E-state index is 12.3. The first-order valence-corrected chi connectivity index (χ1v) is 8.35. The first-order valence-electron chi connectivity index (χ1n) is 7.13. The summed E-state index contributed by atoms with van der Waals surface area (Å²) in [7, 11) is 4.52. The Morgan fingerprint density at radius 2 is 1.54 bits per heavy atom. The van der Waals surface area contributed by atoms with Gasteiger partial charge >= 0.3 is 0 Å². The van der Waals surface area contributed by atoms with Gasteiger partial charge in [0.2, 0.25) is 11.5 Å². The molecule has 0 spiro atoms. The minimum Gasteiger partial charge on any atom is -0.493 e. The monoisotopic (exact) mass is 342 g/mol. The summed E-state index contributed by atoms with van der Waals surface area (Å²) in [6.07, 6.45) is 2.01. The van der Waals surface area contributed by atoms with Gasteiger partial charge in [0.1, 0.15) is 0 Å². The Balaban J connectivity index is 2.31. The molecule has 0 aromatic heterocycles. The summed E-state index contributed by atoms with van der Waals surface area (Å²) in [4.78, 5) is 13.5.